The number of hydrogen-bond donors (Lipinski definition) is 2. The van der Waals surface area contributed by atoms with Gasteiger partial charge < -0.3 is 16.0 Å². The molecule has 3 heteroatoms. The molecule has 2 atom stereocenters. The molecule has 2 aliphatic rings. The molecule has 0 aliphatic carbocycles. The van der Waals surface area contributed by atoms with Crippen molar-refractivity contribution < 1.29 is 0 Å². The number of nitrogens with zero attached hydrogens (tertiary/aromatic N) is 1. The maximum atomic E-state index is 5.98. The summed E-state index contributed by atoms with van der Waals surface area (Å²) >= 11 is 0. The molecular formula is C11H15N3. The molecule has 0 radical (unpaired) electrons. The van der Waals surface area contributed by atoms with Gasteiger partial charge in [-0.05, 0) is 18.6 Å². The molecule has 0 amide bonds. The lowest BCUT2D eigenvalue weighted by atomic mass is 10.1. The normalized spacial score (nSPS) is 29.4. The molecule has 14 heavy (non-hydrogen) atoms. The van der Waals surface area contributed by atoms with Gasteiger partial charge in [0.2, 0.25) is 0 Å². The molecule has 2 heterocycles. The van der Waals surface area contributed by atoms with Crippen molar-refractivity contribution in [3.8, 4) is 0 Å². The maximum absolute atomic E-state index is 5.98. The van der Waals surface area contributed by atoms with Gasteiger partial charge in [-0.3, -0.25) is 0 Å². The summed E-state index contributed by atoms with van der Waals surface area (Å²) in [6.45, 7) is 2.04. The minimum absolute atomic E-state index is 0.341. The van der Waals surface area contributed by atoms with Gasteiger partial charge in [0.1, 0.15) is 0 Å². The van der Waals surface area contributed by atoms with E-state index in [1.165, 1.54) is 11.4 Å². The van der Waals surface area contributed by atoms with Gasteiger partial charge in [-0.25, -0.2) is 0 Å². The van der Waals surface area contributed by atoms with Crippen LogP contribution in [0.3, 0.4) is 0 Å². The zero-order valence-corrected chi connectivity index (χ0v) is 8.11. The summed E-state index contributed by atoms with van der Waals surface area (Å²) in [5.41, 5.74) is 8.55. The van der Waals surface area contributed by atoms with Gasteiger partial charge >= 0.3 is 0 Å². The fourth-order valence-electron chi connectivity index (χ4n) is 2.54. The van der Waals surface area contributed by atoms with Crippen molar-refractivity contribution in [2.75, 3.05) is 23.3 Å². The SMILES string of the molecule is NC1CC2CNc3ccccc3N2C1. The van der Waals surface area contributed by atoms with E-state index < -0.39 is 0 Å². The summed E-state index contributed by atoms with van der Waals surface area (Å²) in [5.74, 6) is 0. The number of benzene rings is 1. The Bertz CT molecular complexity index is 350. The van der Waals surface area contributed by atoms with Gasteiger partial charge in [0, 0.05) is 25.2 Å². The summed E-state index contributed by atoms with van der Waals surface area (Å²) in [7, 11) is 0. The highest BCUT2D eigenvalue weighted by Crippen LogP contribution is 2.35. The monoisotopic (exact) mass is 189 g/mol. The van der Waals surface area contributed by atoms with E-state index in [2.05, 4.69) is 34.5 Å². The molecule has 0 aromatic heterocycles. The third-order valence-corrected chi connectivity index (χ3v) is 3.19. The van der Waals surface area contributed by atoms with E-state index in [-0.39, 0.29) is 0 Å². The highest BCUT2D eigenvalue weighted by Gasteiger charge is 2.33. The highest BCUT2D eigenvalue weighted by atomic mass is 15.3. The molecule has 0 bridgehead atoms. The molecule has 3 N–H and O–H groups in total. The first-order valence-electron chi connectivity index (χ1n) is 5.20. The van der Waals surface area contributed by atoms with Crippen LogP contribution in [-0.2, 0) is 0 Å². The van der Waals surface area contributed by atoms with Gasteiger partial charge in [-0.1, -0.05) is 12.1 Å². The first-order valence-corrected chi connectivity index (χ1v) is 5.20. The molecule has 0 saturated carbocycles. The van der Waals surface area contributed by atoms with Crippen LogP contribution < -0.4 is 16.0 Å². The van der Waals surface area contributed by atoms with Crippen LogP contribution in [0.5, 0.6) is 0 Å². The van der Waals surface area contributed by atoms with Gasteiger partial charge in [-0.2, -0.15) is 0 Å². The van der Waals surface area contributed by atoms with Crippen molar-refractivity contribution in [2.24, 2.45) is 5.73 Å². The second kappa shape index (κ2) is 2.89. The van der Waals surface area contributed by atoms with Gasteiger partial charge in [0.05, 0.1) is 11.4 Å². The third kappa shape index (κ3) is 1.09. The van der Waals surface area contributed by atoms with Crippen molar-refractivity contribution in [2.45, 2.75) is 18.5 Å². The van der Waals surface area contributed by atoms with E-state index in [0.717, 1.165) is 19.5 Å². The molecule has 3 rings (SSSR count). The van der Waals surface area contributed by atoms with Crippen LogP contribution in [0, 0.1) is 0 Å². The predicted molar refractivity (Wildman–Crippen MR) is 58.7 cm³/mol. The molecule has 1 saturated heterocycles. The number of hydrogen-bond acceptors (Lipinski definition) is 3. The van der Waals surface area contributed by atoms with Crippen LogP contribution >= 0.6 is 0 Å². The lowest BCUT2D eigenvalue weighted by Crippen LogP contribution is -2.39. The number of nitrogens with two attached hydrogens (primary N) is 1. The predicted octanol–water partition coefficient (Wildman–Crippen LogP) is 1.02. The fraction of sp³-hybridized carbons (Fsp3) is 0.455. The van der Waals surface area contributed by atoms with E-state index in [1.54, 1.807) is 0 Å². The van der Waals surface area contributed by atoms with Crippen LogP contribution in [0.2, 0.25) is 0 Å². The lowest BCUT2D eigenvalue weighted by molar-refractivity contribution is 0.658. The summed E-state index contributed by atoms with van der Waals surface area (Å²) in [5, 5.41) is 3.46. The number of nitrogens with one attached hydrogen (secondary N) is 1. The summed E-state index contributed by atoms with van der Waals surface area (Å²) in [6, 6.07) is 9.41. The largest absolute Gasteiger partial charge is 0.381 e. The fourth-order valence-corrected chi connectivity index (χ4v) is 2.54. The van der Waals surface area contributed by atoms with Gasteiger partial charge in [0.25, 0.3) is 0 Å². The second-order valence-corrected chi connectivity index (χ2v) is 4.20. The first kappa shape index (κ1) is 8.12. The summed E-state index contributed by atoms with van der Waals surface area (Å²) < 4.78 is 0. The minimum atomic E-state index is 0.341. The Balaban J connectivity index is 2.01. The van der Waals surface area contributed by atoms with Crippen molar-refractivity contribution in [3.05, 3.63) is 24.3 Å². The zero-order valence-electron chi connectivity index (χ0n) is 8.11. The maximum Gasteiger partial charge on any atom is 0.0605 e. The second-order valence-electron chi connectivity index (χ2n) is 4.20. The summed E-state index contributed by atoms with van der Waals surface area (Å²) in [4.78, 5) is 2.44. The molecule has 2 unspecified atom stereocenters. The quantitative estimate of drug-likeness (QED) is 0.640. The molecule has 3 nitrogen and oxygen atoms in total. The molecule has 2 aliphatic heterocycles. The van der Waals surface area contributed by atoms with Crippen LogP contribution in [0.1, 0.15) is 6.42 Å². The topological polar surface area (TPSA) is 41.3 Å². The molecular weight excluding hydrogens is 174 g/mol. The van der Waals surface area contributed by atoms with E-state index >= 15 is 0 Å². The Morgan fingerprint density at radius 1 is 1.36 bits per heavy atom. The Labute approximate surface area is 83.9 Å². The number of rotatable bonds is 0. The highest BCUT2D eigenvalue weighted by molar-refractivity contribution is 5.73. The standard InChI is InChI=1S/C11H15N3/c12-8-5-9-6-13-10-3-1-2-4-11(10)14(9)7-8/h1-4,8-9,13H,5-7,12H2. The Morgan fingerprint density at radius 3 is 3.14 bits per heavy atom. The Morgan fingerprint density at radius 2 is 2.21 bits per heavy atom. The van der Waals surface area contributed by atoms with Crippen molar-refractivity contribution in [1.29, 1.82) is 0 Å². The average molecular weight is 189 g/mol. The zero-order chi connectivity index (χ0) is 9.54. The third-order valence-electron chi connectivity index (χ3n) is 3.19. The van der Waals surface area contributed by atoms with E-state index in [0.29, 0.717) is 12.1 Å². The van der Waals surface area contributed by atoms with E-state index in [1.807, 2.05) is 0 Å². The van der Waals surface area contributed by atoms with Gasteiger partial charge in [-0.15, -0.1) is 0 Å². The number of anilines is 2. The smallest absolute Gasteiger partial charge is 0.0605 e. The minimum Gasteiger partial charge on any atom is -0.381 e. The summed E-state index contributed by atoms with van der Waals surface area (Å²) in [6.07, 6.45) is 1.11. The molecule has 1 aromatic rings. The van der Waals surface area contributed by atoms with Gasteiger partial charge in [0.15, 0.2) is 0 Å². The van der Waals surface area contributed by atoms with E-state index in [4.69, 9.17) is 5.73 Å². The lowest BCUT2D eigenvalue weighted by Gasteiger charge is -2.34. The van der Waals surface area contributed by atoms with Crippen molar-refractivity contribution in [3.63, 3.8) is 0 Å². The van der Waals surface area contributed by atoms with E-state index in [9.17, 15) is 0 Å². The van der Waals surface area contributed by atoms with Crippen molar-refractivity contribution >= 4 is 11.4 Å². The average Bonchev–Trinajstić information content (AvgIpc) is 2.59. The van der Waals surface area contributed by atoms with Crippen LogP contribution in [0.25, 0.3) is 0 Å². The molecule has 74 valence electrons. The van der Waals surface area contributed by atoms with Crippen LogP contribution in [0.4, 0.5) is 11.4 Å². The Hall–Kier alpha value is -1.22. The molecule has 0 spiro atoms. The molecule has 1 aromatic carbocycles. The van der Waals surface area contributed by atoms with Crippen molar-refractivity contribution in [1.82, 2.24) is 0 Å². The number of para-hydroxylation sites is 2. The first-order chi connectivity index (χ1) is 6.84. The molecule has 1 fully saturated rings. The van der Waals surface area contributed by atoms with Crippen LogP contribution in [-0.4, -0.2) is 25.2 Å². The van der Waals surface area contributed by atoms with Crippen LogP contribution in [0.15, 0.2) is 24.3 Å². The Kier molecular flexibility index (Phi) is 1.67. The number of fused-ring (bicyclic) bond motifs is 3.